The Morgan fingerprint density at radius 1 is 1.31 bits per heavy atom. The number of hydrogen-bond donors (Lipinski definition) is 2. The van der Waals surface area contributed by atoms with E-state index < -0.39 is 53.5 Å². The maximum absolute atomic E-state index is 15.3. The van der Waals surface area contributed by atoms with Crippen molar-refractivity contribution >= 4 is 29.2 Å². The summed E-state index contributed by atoms with van der Waals surface area (Å²) in [6.07, 6.45) is -0.139. The molecule has 0 aromatic carbocycles. The molecule has 3 rings (SSSR count). The highest BCUT2D eigenvalue weighted by molar-refractivity contribution is 7.09. The molecule has 2 fully saturated rings. The summed E-state index contributed by atoms with van der Waals surface area (Å²) >= 11 is 1.39. The number of hydrogen-bond acceptors (Lipinski definition) is 8. The SMILES string of the molecule is CCC1C(=O)C(C)(C)C(O)CC(=O)OC(/C(F)=C/c2csc(C)n2)CC2OC2(C)CCCC(C)C1O. The lowest BCUT2D eigenvalue weighted by atomic mass is 9.71. The number of halogens is 1. The first-order valence-corrected chi connectivity index (χ1v) is 13.7. The van der Waals surface area contributed by atoms with Crippen LogP contribution in [-0.2, 0) is 19.1 Å². The molecule has 9 heteroatoms. The van der Waals surface area contributed by atoms with Gasteiger partial charge in [-0.25, -0.2) is 9.37 Å². The molecule has 0 spiro atoms. The maximum Gasteiger partial charge on any atom is 0.309 e. The summed E-state index contributed by atoms with van der Waals surface area (Å²) in [4.78, 5) is 30.5. The summed E-state index contributed by atoms with van der Waals surface area (Å²) in [5.74, 6) is -2.53. The predicted molar refractivity (Wildman–Crippen MR) is 136 cm³/mol. The van der Waals surface area contributed by atoms with Crippen LogP contribution < -0.4 is 0 Å². The number of aromatic nitrogens is 1. The summed E-state index contributed by atoms with van der Waals surface area (Å²) in [7, 11) is 0. The number of nitrogens with zero attached hydrogens (tertiary/aromatic N) is 1. The fourth-order valence-corrected chi connectivity index (χ4v) is 5.66. The molecular formula is C27H40FNO6S. The van der Waals surface area contributed by atoms with Gasteiger partial charge >= 0.3 is 5.97 Å². The molecule has 2 N–H and O–H groups in total. The number of Topliss-reactive ketones (excluding diaryl/α,β-unsaturated/α-hetero) is 1. The molecule has 7 atom stereocenters. The number of ether oxygens (including phenoxy) is 2. The molecule has 2 aliphatic rings. The highest BCUT2D eigenvalue weighted by Gasteiger charge is 2.53. The number of carbonyl (C=O) groups excluding carboxylic acids is 2. The second-order valence-corrected chi connectivity index (χ2v) is 12.2. The van der Waals surface area contributed by atoms with Crippen LogP contribution in [0, 0.1) is 24.2 Å². The van der Waals surface area contributed by atoms with Crippen LogP contribution in [0.4, 0.5) is 4.39 Å². The third kappa shape index (κ3) is 6.60. The summed E-state index contributed by atoms with van der Waals surface area (Å²) in [6.45, 7) is 10.7. The van der Waals surface area contributed by atoms with E-state index in [2.05, 4.69) is 4.98 Å². The minimum Gasteiger partial charge on any atom is -0.455 e. The van der Waals surface area contributed by atoms with Gasteiger partial charge in [-0.05, 0) is 45.1 Å². The van der Waals surface area contributed by atoms with E-state index in [4.69, 9.17) is 9.47 Å². The second-order valence-electron chi connectivity index (χ2n) is 11.1. The van der Waals surface area contributed by atoms with Crippen molar-refractivity contribution < 1.29 is 33.7 Å². The average molecular weight is 526 g/mol. The Labute approximate surface area is 217 Å². The van der Waals surface area contributed by atoms with Crippen LogP contribution in [0.2, 0.25) is 0 Å². The number of carbonyl (C=O) groups is 2. The smallest absolute Gasteiger partial charge is 0.309 e. The van der Waals surface area contributed by atoms with Crippen LogP contribution in [-0.4, -0.2) is 57.0 Å². The number of aliphatic hydroxyl groups is 2. The minimum atomic E-state index is -1.35. The Morgan fingerprint density at radius 2 is 2.00 bits per heavy atom. The number of ketones is 1. The van der Waals surface area contributed by atoms with Gasteiger partial charge in [0.15, 0.2) is 6.10 Å². The lowest BCUT2D eigenvalue weighted by molar-refractivity contribution is -0.155. The summed E-state index contributed by atoms with van der Waals surface area (Å²) < 4.78 is 26.7. The molecule has 7 unspecified atom stereocenters. The van der Waals surface area contributed by atoms with Crippen molar-refractivity contribution in [3.8, 4) is 0 Å². The van der Waals surface area contributed by atoms with Crippen molar-refractivity contribution in [2.75, 3.05) is 0 Å². The van der Waals surface area contributed by atoms with Crippen molar-refractivity contribution in [2.24, 2.45) is 17.3 Å². The third-order valence-electron chi connectivity index (χ3n) is 7.90. The van der Waals surface area contributed by atoms with E-state index in [1.54, 1.807) is 19.2 Å². The van der Waals surface area contributed by atoms with Gasteiger partial charge in [0.1, 0.15) is 11.6 Å². The lowest BCUT2D eigenvalue weighted by Gasteiger charge is -2.35. The van der Waals surface area contributed by atoms with E-state index in [0.29, 0.717) is 25.0 Å². The summed E-state index contributed by atoms with van der Waals surface area (Å²) in [6, 6.07) is 0. The molecule has 2 saturated heterocycles. The molecule has 0 saturated carbocycles. The third-order valence-corrected chi connectivity index (χ3v) is 8.69. The maximum atomic E-state index is 15.3. The van der Waals surface area contributed by atoms with Crippen LogP contribution in [0.3, 0.4) is 0 Å². The molecule has 0 bridgehead atoms. The quantitative estimate of drug-likeness (QED) is 0.432. The highest BCUT2D eigenvalue weighted by atomic mass is 32.1. The monoisotopic (exact) mass is 525 g/mol. The Morgan fingerprint density at radius 3 is 2.61 bits per heavy atom. The molecule has 3 heterocycles. The highest BCUT2D eigenvalue weighted by Crippen LogP contribution is 2.45. The van der Waals surface area contributed by atoms with E-state index in [-0.39, 0.29) is 24.2 Å². The van der Waals surface area contributed by atoms with Gasteiger partial charge < -0.3 is 19.7 Å². The molecule has 36 heavy (non-hydrogen) atoms. The Bertz CT molecular complexity index is 977. The van der Waals surface area contributed by atoms with Crippen LogP contribution in [0.15, 0.2) is 11.2 Å². The Kier molecular flexibility index (Phi) is 9.13. The number of aryl methyl sites for hydroxylation is 1. The minimum absolute atomic E-state index is 0.125. The zero-order valence-corrected chi connectivity index (χ0v) is 22.9. The van der Waals surface area contributed by atoms with E-state index in [1.807, 2.05) is 27.7 Å². The van der Waals surface area contributed by atoms with Gasteiger partial charge in [0.05, 0.1) is 46.5 Å². The van der Waals surface area contributed by atoms with E-state index in [0.717, 1.165) is 11.4 Å². The summed E-state index contributed by atoms with van der Waals surface area (Å²) in [5, 5.41) is 24.4. The van der Waals surface area contributed by atoms with Gasteiger partial charge in [-0.2, -0.15) is 0 Å². The first kappa shape index (κ1) is 28.9. The fourth-order valence-electron chi connectivity index (χ4n) is 5.09. The first-order valence-electron chi connectivity index (χ1n) is 12.9. The second kappa shape index (κ2) is 11.4. The number of rotatable bonds is 3. The molecule has 0 aliphatic carbocycles. The zero-order chi connectivity index (χ0) is 26.8. The first-order chi connectivity index (χ1) is 16.8. The van der Waals surface area contributed by atoms with Gasteiger partial charge in [0.2, 0.25) is 0 Å². The average Bonchev–Trinajstić information content (AvgIpc) is 3.24. The molecule has 0 radical (unpaired) electrons. The molecule has 0 amide bonds. The number of esters is 1. The molecule has 1 aromatic rings. The number of fused-ring (bicyclic) bond motifs is 1. The normalized spacial score (nSPS) is 36.8. The van der Waals surface area contributed by atoms with Crippen LogP contribution >= 0.6 is 11.3 Å². The van der Waals surface area contributed by atoms with Gasteiger partial charge in [0.25, 0.3) is 0 Å². The summed E-state index contributed by atoms with van der Waals surface area (Å²) in [5.41, 5.74) is -1.31. The number of thiazole rings is 1. The topological polar surface area (TPSA) is 109 Å². The van der Waals surface area contributed by atoms with E-state index in [9.17, 15) is 19.8 Å². The zero-order valence-electron chi connectivity index (χ0n) is 22.1. The fraction of sp³-hybridized carbons (Fsp3) is 0.741. The van der Waals surface area contributed by atoms with E-state index >= 15 is 4.39 Å². The van der Waals surface area contributed by atoms with Crippen LogP contribution in [0.1, 0.15) is 83.8 Å². The molecule has 7 nitrogen and oxygen atoms in total. The van der Waals surface area contributed by atoms with Gasteiger partial charge in [-0.1, -0.05) is 34.1 Å². The molecule has 1 aromatic heterocycles. The number of aliphatic hydroxyl groups excluding tert-OH is 2. The number of cyclic esters (lactones) is 1. The largest absolute Gasteiger partial charge is 0.455 e. The van der Waals surface area contributed by atoms with Crippen LogP contribution in [0.5, 0.6) is 0 Å². The van der Waals surface area contributed by atoms with E-state index in [1.165, 1.54) is 17.4 Å². The van der Waals surface area contributed by atoms with Crippen LogP contribution in [0.25, 0.3) is 6.08 Å². The lowest BCUT2D eigenvalue weighted by Crippen LogP contribution is -2.46. The van der Waals surface area contributed by atoms with Crippen molar-refractivity contribution in [1.82, 2.24) is 4.98 Å². The van der Waals surface area contributed by atoms with Crippen molar-refractivity contribution in [3.63, 3.8) is 0 Å². The van der Waals surface area contributed by atoms with Gasteiger partial charge in [0, 0.05) is 17.7 Å². The molecule has 202 valence electrons. The molecule has 2 aliphatic heterocycles. The van der Waals surface area contributed by atoms with Crippen molar-refractivity contribution in [3.05, 3.63) is 21.9 Å². The van der Waals surface area contributed by atoms with Gasteiger partial charge in [-0.3, -0.25) is 9.59 Å². The van der Waals surface area contributed by atoms with Crippen molar-refractivity contribution in [1.29, 1.82) is 0 Å². The standard InChI is InChI=1S/C27H40FNO6S/c1-7-18-24(32)15(2)9-8-10-27(6)22(35-27)12-20(19(28)11-17-14-36-16(3)29-17)34-23(31)13-21(30)26(4,5)25(18)33/h11,14-15,18,20-22,24,30,32H,7-10,12-13H2,1-6H3/b19-11-. The Hall–Kier alpha value is -1.68. The Balaban J connectivity index is 1.87. The predicted octanol–water partition coefficient (Wildman–Crippen LogP) is 4.77. The number of epoxide rings is 1. The van der Waals surface area contributed by atoms with Crippen molar-refractivity contribution in [2.45, 2.75) is 110 Å². The van der Waals surface area contributed by atoms with Gasteiger partial charge in [-0.15, -0.1) is 11.3 Å². The molecular weight excluding hydrogens is 485 g/mol.